The summed E-state index contributed by atoms with van der Waals surface area (Å²) in [5.74, 6) is -0.101. The zero-order valence-corrected chi connectivity index (χ0v) is 17.3. The van der Waals surface area contributed by atoms with E-state index in [9.17, 15) is 9.59 Å². The molecule has 0 bridgehead atoms. The molecular weight excluding hydrogens is 396 g/mol. The van der Waals surface area contributed by atoms with Crippen LogP contribution in [0.25, 0.3) is 0 Å². The van der Waals surface area contributed by atoms with Gasteiger partial charge in [0.15, 0.2) is 6.61 Å². The number of benzene rings is 3. The molecule has 1 amide bonds. The van der Waals surface area contributed by atoms with Gasteiger partial charge in [-0.2, -0.15) is 0 Å². The Morgan fingerprint density at radius 1 is 0.968 bits per heavy atom. The molecule has 0 radical (unpaired) electrons. The maximum Gasteiger partial charge on any atom is 0.335 e. The molecule has 0 heterocycles. The highest BCUT2D eigenvalue weighted by Gasteiger charge is 2.09. The number of methoxy groups -OCH3 is 1. The minimum Gasteiger partial charge on any atom is -0.495 e. The second-order valence-corrected chi connectivity index (χ2v) is 6.92. The summed E-state index contributed by atoms with van der Waals surface area (Å²) < 4.78 is 10.8. The number of hydrogen-bond donors (Lipinski definition) is 3. The molecule has 0 saturated heterocycles. The third kappa shape index (κ3) is 6.24. The summed E-state index contributed by atoms with van der Waals surface area (Å²) in [7, 11) is 1.53. The number of aromatic carboxylic acids is 1. The van der Waals surface area contributed by atoms with Crippen molar-refractivity contribution in [2.45, 2.75) is 13.5 Å². The average Bonchev–Trinajstić information content (AvgIpc) is 2.78. The van der Waals surface area contributed by atoms with Crippen molar-refractivity contribution in [3.05, 3.63) is 83.4 Å². The van der Waals surface area contributed by atoms with Gasteiger partial charge in [0.2, 0.25) is 0 Å². The Labute approximate surface area is 180 Å². The average molecular weight is 420 g/mol. The van der Waals surface area contributed by atoms with Gasteiger partial charge < -0.3 is 25.2 Å². The lowest BCUT2D eigenvalue weighted by Crippen LogP contribution is -2.20. The van der Waals surface area contributed by atoms with Gasteiger partial charge in [-0.1, -0.05) is 29.8 Å². The Morgan fingerprint density at radius 3 is 2.32 bits per heavy atom. The fourth-order valence-electron chi connectivity index (χ4n) is 2.86. The van der Waals surface area contributed by atoms with E-state index in [1.54, 1.807) is 18.2 Å². The monoisotopic (exact) mass is 420 g/mol. The number of aryl methyl sites for hydroxylation is 1. The summed E-state index contributed by atoms with van der Waals surface area (Å²) in [5, 5.41) is 15.1. The first-order valence-electron chi connectivity index (χ1n) is 9.68. The van der Waals surface area contributed by atoms with Crippen LogP contribution in [0.5, 0.6) is 11.5 Å². The lowest BCUT2D eigenvalue weighted by atomic mass is 10.1. The van der Waals surface area contributed by atoms with Crippen LogP contribution >= 0.6 is 0 Å². The predicted molar refractivity (Wildman–Crippen MR) is 119 cm³/mol. The molecule has 0 spiro atoms. The standard InChI is InChI=1S/C24H24N2O5/c1-16-3-8-19(9-4-16)26-23(27)15-31-20-10-5-17(6-11-20)14-25-21-13-18(24(28)29)7-12-22(21)30-2/h3-13,25H,14-15H2,1-2H3,(H,26,27)(H,28,29). The highest BCUT2D eigenvalue weighted by molar-refractivity contribution is 5.92. The van der Waals surface area contributed by atoms with E-state index in [0.717, 1.165) is 16.8 Å². The molecule has 0 unspecified atom stereocenters. The molecule has 0 aliphatic carbocycles. The molecule has 160 valence electrons. The minimum atomic E-state index is -1.00. The van der Waals surface area contributed by atoms with Gasteiger partial charge in [0.05, 0.1) is 18.4 Å². The van der Waals surface area contributed by atoms with E-state index >= 15 is 0 Å². The van der Waals surface area contributed by atoms with E-state index < -0.39 is 5.97 Å². The van der Waals surface area contributed by atoms with E-state index in [-0.39, 0.29) is 18.1 Å². The molecule has 7 nitrogen and oxygen atoms in total. The molecular formula is C24H24N2O5. The van der Waals surface area contributed by atoms with Gasteiger partial charge in [-0.25, -0.2) is 4.79 Å². The number of nitrogens with one attached hydrogen (secondary N) is 2. The summed E-state index contributed by atoms with van der Waals surface area (Å²) in [6.45, 7) is 2.36. The number of rotatable bonds is 9. The van der Waals surface area contributed by atoms with Gasteiger partial charge in [0.25, 0.3) is 5.91 Å². The molecule has 0 atom stereocenters. The van der Waals surface area contributed by atoms with Crippen LogP contribution in [0.1, 0.15) is 21.5 Å². The summed E-state index contributed by atoms with van der Waals surface area (Å²) in [5.41, 5.74) is 3.57. The van der Waals surface area contributed by atoms with Gasteiger partial charge in [-0.05, 0) is 55.0 Å². The zero-order valence-electron chi connectivity index (χ0n) is 17.3. The number of ether oxygens (including phenoxy) is 2. The van der Waals surface area contributed by atoms with E-state index in [4.69, 9.17) is 14.6 Å². The van der Waals surface area contributed by atoms with Crippen LogP contribution < -0.4 is 20.1 Å². The number of hydrogen-bond acceptors (Lipinski definition) is 5. The quantitative estimate of drug-likeness (QED) is 0.477. The molecule has 0 aromatic heterocycles. The molecule has 3 rings (SSSR count). The summed E-state index contributed by atoms with van der Waals surface area (Å²) in [6, 6.07) is 19.5. The normalized spacial score (nSPS) is 10.3. The highest BCUT2D eigenvalue weighted by Crippen LogP contribution is 2.26. The number of carbonyl (C=O) groups excluding carboxylic acids is 1. The van der Waals surface area contributed by atoms with Gasteiger partial charge in [-0.15, -0.1) is 0 Å². The first kappa shape index (κ1) is 21.7. The van der Waals surface area contributed by atoms with Crippen LogP contribution in [0.3, 0.4) is 0 Å². The SMILES string of the molecule is COc1ccc(C(=O)O)cc1NCc1ccc(OCC(=O)Nc2ccc(C)cc2)cc1. The Bertz CT molecular complexity index is 1050. The largest absolute Gasteiger partial charge is 0.495 e. The van der Waals surface area contributed by atoms with Crippen LogP contribution in [0, 0.1) is 6.92 Å². The maximum atomic E-state index is 12.0. The fraction of sp³-hybridized carbons (Fsp3) is 0.167. The zero-order chi connectivity index (χ0) is 22.2. The van der Waals surface area contributed by atoms with Crippen molar-refractivity contribution in [1.82, 2.24) is 0 Å². The van der Waals surface area contributed by atoms with Crippen molar-refractivity contribution in [3.8, 4) is 11.5 Å². The van der Waals surface area contributed by atoms with E-state index in [1.165, 1.54) is 19.2 Å². The molecule has 3 N–H and O–H groups in total. The van der Waals surface area contributed by atoms with Crippen molar-refractivity contribution in [3.63, 3.8) is 0 Å². The summed E-state index contributed by atoms with van der Waals surface area (Å²) >= 11 is 0. The lowest BCUT2D eigenvalue weighted by Gasteiger charge is -2.12. The van der Waals surface area contributed by atoms with Crippen molar-refractivity contribution < 1.29 is 24.2 Å². The third-order valence-corrected chi connectivity index (χ3v) is 4.56. The van der Waals surface area contributed by atoms with Crippen LogP contribution in [0.4, 0.5) is 11.4 Å². The molecule has 3 aromatic carbocycles. The van der Waals surface area contributed by atoms with Crippen LogP contribution in [0.15, 0.2) is 66.7 Å². The van der Waals surface area contributed by atoms with Gasteiger partial charge in [-0.3, -0.25) is 4.79 Å². The first-order chi connectivity index (χ1) is 14.9. The summed E-state index contributed by atoms with van der Waals surface area (Å²) in [6.07, 6.45) is 0. The Kier molecular flexibility index (Phi) is 7.11. The second kappa shape index (κ2) is 10.2. The van der Waals surface area contributed by atoms with Gasteiger partial charge in [0, 0.05) is 12.2 Å². The minimum absolute atomic E-state index is 0.0926. The van der Waals surface area contributed by atoms with Crippen LogP contribution in [-0.4, -0.2) is 30.7 Å². The van der Waals surface area contributed by atoms with E-state index in [0.29, 0.717) is 23.7 Å². The number of carboxylic acid groups (broad SMARTS) is 1. The molecule has 7 heteroatoms. The molecule has 3 aromatic rings. The van der Waals surface area contributed by atoms with Gasteiger partial charge >= 0.3 is 5.97 Å². The maximum absolute atomic E-state index is 12.0. The van der Waals surface area contributed by atoms with E-state index in [2.05, 4.69) is 10.6 Å². The Balaban J connectivity index is 1.52. The van der Waals surface area contributed by atoms with Crippen molar-refractivity contribution in [2.24, 2.45) is 0 Å². The van der Waals surface area contributed by atoms with Gasteiger partial charge in [0.1, 0.15) is 11.5 Å². The number of amides is 1. The predicted octanol–water partition coefficient (Wildman–Crippen LogP) is 4.33. The number of anilines is 2. The molecule has 31 heavy (non-hydrogen) atoms. The number of carboxylic acids is 1. The number of carbonyl (C=O) groups is 2. The molecule has 0 aliphatic rings. The summed E-state index contributed by atoms with van der Waals surface area (Å²) in [4.78, 5) is 23.2. The Hall–Kier alpha value is -4.00. The lowest BCUT2D eigenvalue weighted by molar-refractivity contribution is -0.118. The van der Waals surface area contributed by atoms with Crippen molar-refractivity contribution in [2.75, 3.05) is 24.4 Å². The smallest absolute Gasteiger partial charge is 0.335 e. The molecule has 0 fully saturated rings. The Morgan fingerprint density at radius 2 is 1.68 bits per heavy atom. The third-order valence-electron chi connectivity index (χ3n) is 4.56. The topological polar surface area (TPSA) is 96.9 Å². The highest BCUT2D eigenvalue weighted by atomic mass is 16.5. The van der Waals surface area contributed by atoms with E-state index in [1.807, 2.05) is 43.3 Å². The molecule has 0 aliphatic heterocycles. The van der Waals surface area contributed by atoms with Crippen molar-refractivity contribution in [1.29, 1.82) is 0 Å². The fourth-order valence-corrected chi connectivity index (χ4v) is 2.86. The first-order valence-corrected chi connectivity index (χ1v) is 9.68. The van der Waals surface area contributed by atoms with Crippen LogP contribution in [0.2, 0.25) is 0 Å². The van der Waals surface area contributed by atoms with Crippen LogP contribution in [-0.2, 0) is 11.3 Å². The van der Waals surface area contributed by atoms with Crippen molar-refractivity contribution >= 4 is 23.3 Å². The second-order valence-electron chi connectivity index (χ2n) is 6.92. The molecule has 0 saturated carbocycles.